The summed E-state index contributed by atoms with van der Waals surface area (Å²) in [4.78, 5) is 11.4. The summed E-state index contributed by atoms with van der Waals surface area (Å²) in [5, 5.41) is 5.77. The number of nitrogens with one attached hydrogen (secondary N) is 2. The topological polar surface area (TPSA) is 41.1 Å². The number of amides is 1. The van der Waals surface area contributed by atoms with Gasteiger partial charge in [-0.3, -0.25) is 4.79 Å². The summed E-state index contributed by atoms with van der Waals surface area (Å²) in [6.07, 6.45) is 0. The third-order valence-corrected chi connectivity index (χ3v) is 2.04. The van der Waals surface area contributed by atoms with Crippen molar-refractivity contribution < 1.29 is 9.18 Å². The molecule has 1 rings (SSSR count). The summed E-state index contributed by atoms with van der Waals surface area (Å²) in [5.41, 5.74) is 0.362. The van der Waals surface area contributed by atoms with Crippen molar-refractivity contribution in [2.45, 2.75) is 19.9 Å². The van der Waals surface area contributed by atoms with Crippen LogP contribution in [-0.2, 0) is 4.79 Å². The number of carbonyl (C=O) groups is 1. The number of carbonyl (C=O) groups excluding carboxylic acids is 1. The molecule has 2 N–H and O–H groups in total. The van der Waals surface area contributed by atoms with Crippen LogP contribution in [0.3, 0.4) is 0 Å². The second-order valence-corrected chi connectivity index (χ2v) is 4.18. The molecule has 0 fully saturated rings. The van der Waals surface area contributed by atoms with E-state index in [1.807, 2.05) is 13.8 Å². The van der Waals surface area contributed by atoms with E-state index >= 15 is 0 Å². The molecule has 0 atom stereocenters. The zero-order valence-corrected chi connectivity index (χ0v) is 9.94. The number of benzene rings is 1. The molecule has 0 aliphatic rings. The van der Waals surface area contributed by atoms with Crippen LogP contribution >= 0.6 is 11.6 Å². The molecule has 16 heavy (non-hydrogen) atoms. The van der Waals surface area contributed by atoms with Gasteiger partial charge in [0.15, 0.2) is 0 Å². The average molecular weight is 245 g/mol. The zero-order valence-electron chi connectivity index (χ0n) is 9.18. The number of anilines is 1. The lowest BCUT2D eigenvalue weighted by Gasteiger charge is -2.09. The van der Waals surface area contributed by atoms with Crippen molar-refractivity contribution in [3.05, 3.63) is 29.0 Å². The van der Waals surface area contributed by atoms with Crippen LogP contribution in [0.4, 0.5) is 10.1 Å². The minimum Gasteiger partial charge on any atom is -0.325 e. The first kappa shape index (κ1) is 12.9. The highest BCUT2D eigenvalue weighted by Gasteiger charge is 2.05. The third kappa shape index (κ3) is 4.59. The van der Waals surface area contributed by atoms with Crippen molar-refractivity contribution in [2.24, 2.45) is 0 Å². The molecule has 3 nitrogen and oxygen atoms in total. The van der Waals surface area contributed by atoms with Crippen LogP contribution in [0.1, 0.15) is 13.8 Å². The molecule has 88 valence electrons. The highest BCUT2D eigenvalue weighted by atomic mass is 35.5. The molecule has 0 aliphatic carbocycles. The van der Waals surface area contributed by atoms with Gasteiger partial charge in [0.1, 0.15) is 5.82 Å². The van der Waals surface area contributed by atoms with E-state index in [9.17, 15) is 9.18 Å². The summed E-state index contributed by atoms with van der Waals surface area (Å²) in [5.74, 6) is -0.699. The van der Waals surface area contributed by atoms with E-state index in [1.165, 1.54) is 18.2 Å². The van der Waals surface area contributed by atoms with Crippen molar-refractivity contribution in [3.8, 4) is 0 Å². The van der Waals surface area contributed by atoms with Gasteiger partial charge in [-0.05, 0) is 18.2 Å². The first-order valence-corrected chi connectivity index (χ1v) is 5.34. The summed E-state index contributed by atoms with van der Waals surface area (Å²) < 4.78 is 12.9. The van der Waals surface area contributed by atoms with Gasteiger partial charge in [-0.1, -0.05) is 25.4 Å². The van der Waals surface area contributed by atoms with Gasteiger partial charge in [-0.15, -0.1) is 0 Å². The molecular formula is C11H14ClFN2O. The Morgan fingerprint density at radius 3 is 2.69 bits per heavy atom. The molecule has 5 heteroatoms. The summed E-state index contributed by atoms with van der Waals surface area (Å²) >= 11 is 5.65. The summed E-state index contributed by atoms with van der Waals surface area (Å²) in [7, 11) is 0. The fourth-order valence-corrected chi connectivity index (χ4v) is 1.35. The Morgan fingerprint density at radius 2 is 2.12 bits per heavy atom. The highest BCUT2D eigenvalue weighted by molar-refractivity contribution is 6.30. The quantitative estimate of drug-likeness (QED) is 0.854. The van der Waals surface area contributed by atoms with Crippen molar-refractivity contribution in [2.75, 3.05) is 11.9 Å². The second kappa shape index (κ2) is 5.82. The summed E-state index contributed by atoms with van der Waals surface area (Å²) in [6.45, 7) is 4.06. The van der Waals surface area contributed by atoms with Gasteiger partial charge in [-0.25, -0.2) is 4.39 Å². The SMILES string of the molecule is CC(C)NCC(=O)Nc1cc(F)cc(Cl)c1. The molecule has 0 bridgehead atoms. The minimum absolute atomic E-state index is 0.186. The zero-order chi connectivity index (χ0) is 12.1. The molecule has 1 aromatic rings. The van der Waals surface area contributed by atoms with Crippen molar-refractivity contribution >= 4 is 23.2 Å². The lowest BCUT2D eigenvalue weighted by molar-refractivity contribution is -0.115. The Labute approximate surface area is 99.0 Å². The van der Waals surface area contributed by atoms with Crippen LogP contribution in [0.25, 0.3) is 0 Å². The molecular weight excluding hydrogens is 231 g/mol. The van der Waals surface area contributed by atoms with Gasteiger partial charge in [0.2, 0.25) is 5.91 Å². The molecule has 0 saturated carbocycles. The number of hydrogen-bond acceptors (Lipinski definition) is 2. The van der Waals surface area contributed by atoms with Gasteiger partial charge >= 0.3 is 0 Å². The molecule has 0 radical (unpaired) electrons. The van der Waals surface area contributed by atoms with Crippen LogP contribution in [0.5, 0.6) is 0 Å². The fourth-order valence-electron chi connectivity index (χ4n) is 1.13. The molecule has 0 spiro atoms. The fraction of sp³-hybridized carbons (Fsp3) is 0.364. The van der Waals surface area contributed by atoms with E-state index in [0.29, 0.717) is 5.69 Å². The third-order valence-electron chi connectivity index (χ3n) is 1.82. The monoisotopic (exact) mass is 244 g/mol. The van der Waals surface area contributed by atoms with E-state index < -0.39 is 5.82 Å². The lowest BCUT2D eigenvalue weighted by atomic mass is 10.3. The maximum atomic E-state index is 12.9. The van der Waals surface area contributed by atoms with Crippen LogP contribution in [0, 0.1) is 5.82 Å². The van der Waals surface area contributed by atoms with Gasteiger partial charge in [0.05, 0.1) is 6.54 Å². The Balaban J connectivity index is 2.56. The molecule has 0 aromatic heterocycles. The van der Waals surface area contributed by atoms with Gasteiger partial charge in [0, 0.05) is 16.8 Å². The minimum atomic E-state index is -0.473. The van der Waals surface area contributed by atoms with E-state index in [1.54, 1.807) is 0 Å². The van der Waals surface area contributed by atoms with Crippen LogP contribution in [-0.4, -0.2) is 18.5 Å². The highest BCUT2D eigenvalue weighted by Crippen LogP contribution is 2.17. The van der Waals surface area contributed by atoms with Crippen LogP contribution in [0.2, 0.25) is 5.02 Å². The molecule has 0 aliphatic heterocycles. The van der Waals surface area contributed by atoms with Crippen LogP contribution < -0.4 is 10.6 Å². The lowest BCUT2D eigenvalue weighted by Crippen LogP contribution is -2.32. The molecule has 1 amide bonds. The van der Waals surface area contributed by atoms with E-state index in [-0.39, 0.29) is 23.5 Å². The largest absolute Gasteiger partial charge is 0.325 e. The second-order valence-electron chi connectivity index (χ2n) is 3.74. The number of rotatable bonds is 4. The molecule has 0 unspecified atom stereocenters. The smallest absolute Gasteiger partial charge is 0.238 e. The van der Waals surface area contributed by atoms with E-state index in [4.69, 9.17) is 11.6 Å². The maximum absolute atomic E-state index is 12.9. The van der Waals surface area contributed by atoms with Gasteiger partial charge in [-0.2, -0.15) is 0 Å². The van der Waals surface area contributed by atoms with Gasteiger partial charge in [0.25, 0.3) is 0 Å². The van der Waals surface area contributed by atoms with Crippen molar-refractivity contribution in [1.82, 2.24) is 5.32 Å². The van der Waals surface area contributed by atoms with Crippen molar-refractivity contribution in [3.63, 3.8) is 0 Å². The molecule has 1 aromatic carbocycles. The van der Waals surface area contributed by atoms with E-state index in [2.05, 4.69) is 10.6 Å². The van der Waals surface area contributed by atoms with Gasteiger partial charge < -0.3 is 10.6 Å². The predicted molar refractivity (Wildman–Crippen MR) is 63.2 cm³/mol. The number of hydrogen-bond donors (Lipinski definition) is 2. The summed E-state index contributed by atoms with van der Waals surface area (Å²) in [6, 6.07) is 4.13. The normalized spacial score (nSPS) is 10.6. The first-order chi connectivity index (χ1) is 7.47. The van der Waals surface area contributed by atoms with Crippen molar-refractivity contribution in [1.29, 1.82) is 0 Å². The predicted octanol–water partition coefficient (Wildman–Crippen LogP) is 2.42. The number of halogens is 2. The Kier molecular flexibility index (Phi) is 4.71. The Bertz CT molecular complexity index is 362. The standard InChI is InChI=1S/C11H14ClFN2O/c1-7(2)14-6-11(16)15-10-4-8(12)3-9(13)5-10/h3-5,7,14H,6H2,1-2H3,(H,15,16). The maximum Gasteiger partial charge on any atom is 0.238 e. The molecule has 0 saturated heterocycles. The van der Waals surface area contributed by atoms with E-state index in [0.717, 1.165) is 0 Å². The average Bonchev–Trinajstić information content (AvgIpc) is 2.12. The molecule has 0 heterocycles. The van der Waals surface area contributed by atoms with Crippen LogP contribution in [0.15, 0.2) is 18.2 Å². The Morgan fingerprint density at radius 1 is 1.44 bits per heavy atom. The first-order valence-electron chi connectivity index (χ1n) is 4.96. The Hall–Kier alpha value is -1.13.